The van der Waals surface area contributed by atoms with Gasteiger partial charge in [0, 0.05) is 18.2 Å². The first kappa shape index (κ1) is 18.9. The molecule has 1 fully saturated rings. The number of imide groups is 1. The van der Waals surface area contributed by atoms with Gasteiger partial charge in [0.25, 0.3) is 17.7 Å². The summed E-state index contributed by atoms with van der Waals surface area (Å²) in [5.74, 6) is -0.387. The molecule has 0 aliphatic carbocycles. The molecule has 2 aromatic carbocycles. The Bertz CT molecular complexity index is 998. The summed E-state index contributed by atoms with van der Waals surface area (Å²) in [5, 5.41) is 0. The molecule has 2 aromatic rings. The van der Waals surface area contributed by atoms with Crippen LogP contribution in [0, 0.1) is 0 Å². The molecule has 29 heavy (non-hydrogen) atoms. The Balaban J connectivity index is 1.73. The SMILES string of the molecule is COc1ccccc1/C=C/C(=O)N1C(=O)[C@@H]2CCCCN2C(=O)c2ccccc21. The molecule has 6 heteroatoms. The van der Waals surface area contributed by atoms with Crippen LogP contribution in [0.3, 0.4) is 0 Å². The van der Waals surface area contributed by atoms with E-state index in [1.807, 2.05) is 18.2 Å². The average molecular weight is 390 g/mol. The van der Waals surface area contributed by atoms with Gasteiger partial charge in [-0.05, 0) is 43.5 Å². The van der Waals surface area contributed by atoms with Crippen molar-refractivity contribution in [1.82, 2.24) is 4.90 Å². The summed E-state index contributed by atoms with van der Waals surface area (Å²) in [5.41, 5.74) is 1.45. The monoisotopic (exact) mass is 390 g/mol. The molecule has 2 aliphatic rings. The smallest absolute Gasteiger partial charge is 0.257 e. The van der Waals surface area contributed by atoms with Crippen LogP contribution in [0.15, 0.2) is 54.6 Å². The lowest BCUT2D eigenvalue weighted by molar-refractivity contribution is -0.128. The van der Waals surface area contributed by atoms with Crippen molar-refractivity contribution >= 4 is 29.5 Å². The molecule has 1 saturated heterocycles. The van der Waals surface area contributed by atoms with Gasteiger partial charge in [0.1, 0.15) is 11.8 Å². The van der Waals surface area contributed by atoms with Gasteiger partial charge in [0.2, 0.25) is 0 Å². The Hall–Kier alpha value is -3.41. The highest BCUT2D eigenvalue weighted by Crippen LogP contribution is 2.32. The number of anilines is 1. The van der Waals surface area contributed by atoms with E-state index in [0.29, 0.717) is 30.0 Å². The topological polar surface area (TPSA) is 66.9 Å². The molecule has 3 amide bonds. The predicted octanol–water partition coefficient (Wildman–Crippen LogP) is 3.28. The number of benzene rings is 2. The fourth-order valence-electron chi connectivity index (χ4n) is 3.97. The highest BCUT2D eigenvalue weighted by molar-refractivity contribution is 6.25. The molecule has 4 rings (SSSR count). The lowest BCUT2D eigenvalue weighted by atomic mass is 10.0. The third kappa shape index (κ3) is 3.42. The van der Waals surface area contributed by atoms with Crippen molar-refractivity contribution < 1.29 is 19.1 Å². The van der Waals surface area contributed by atoms with Crippen molar-refractivity contribution in [1.29, 1.82) is 0 Å². The zero-order chi connectivity index (χ0) is 20.4. The summed E-state index contributed by atoms with van der Waals surface area (Å²) in [6, 6.07) is 13.5. The zero-order valence-corrected chi connectivity index (χ0v) is 16.2. The van der Waals surface area contributed by atoms with Gasteiger partial charge in [-0.25, -0.2) is 4.90 Å². The number of rotatable bonds is 3. The molecule has 0 saturated carbocycles. The van der Waals surface area contributed by atoms with Crippen LogP contribution in [0.4, 0.5) is 5.69 Å². The zero-order valence-electron chi connectivity index (χ0n) is 16.2. The van der Waals surface area contributed by atoms with Crippen LogP contribution in [0.25, 0.3) is 6.08 Å². The molecule has 1 atom stereocenters. The van der Waals surface area contributed by atoms with E-state index in [0.717, 1.165) is 23.3 Å². The summed E-state index contributed by atoms with van der Waals surface area (Å²) >= 11 is 0. The first-order valence-electron chi connectivity index (χ1n) is 9.71. The number of ether oxygens (including phenoxy) is 1. The molecule has 148 valence electrons. The van der Waals surface area contributed by atoms with E-state index in [9.17, 15) is 14.4 Å². The standard InChI is InChI=1S/C23H22N2O4/c1-29-20-12-5-2-8-16(20)13-14-21(26)25-18-10-4-3-9-17(18)22(27)24-15-7-6-11-19(24)23(25)28/h2-5,8-10,12-14,19H,6-7,11,15H2,1H3/b14-13+/t19-/m0/s1. The number of amides is 3. The van der Waals surface area contributed by atoms with Gasteiger partial charge >= 0.3 is 0 Å². The minimum atomic E-state index is -0.604. The number of carbonyl (C=O) groups is 3. The van der Waals surface area contributed by atoms with E-state index < -0.39 is 11.9 Å². The number of hydrogen-bond acceptors (Lipinski definition) is 4. The van der Waals surface area contributed by atoms with Gasteiger partial charge in [-0.3, -0.25) is 14.4 Å². The van der Waals surface area contributed by atoms with Crippen molar-refractivity contribution in [3.8, 4) is 5.75 Å². The largest absolute Gasteiger partial charge is 0.496 e. The lowest BCUT2D eigenvalue weighted by Gasteiger charge is -2.33. The van der Waals surface area contributed by atoms with Crippen molar-refractivity contribution in [3.05, 3.63) is 65.7 Å². The molecular weight excluding hydrogens is 368 g/mol. The van der Waals surface area contributed by atoms with Gasteiger partial charge in [0.15, 0.2) is 0 Å². The molecule has 0 radical (unpaired) electrons. The van der Waals surface area contributed by atoms with Gasteiger partial charge in [0.05, 0.1) is 18.4 Å². The molecule has 0 N–H and O–H groups in total. The minimum absolute atomic E-state index is 0.192. The molecular formula is C23H22N2O4. The number of piperidine rings is 1. The highest BCUT2D eigenvalue weighted by Gasteiger charge is 2.42. The number of hydrogen-bond donors (Lipinski definition) is 0. The maximum Gasteiger partial charge on any atom is 0.257 e. The van der Waals surface area contributed by atoms with Crippen LogP contribution in [-0.2, 0) is 9.59 Å². The first-order chi connectivity index (χ1) is 14.1. The lowest BCUT2D eigenvalue weighted by Crippen LogP contribution is -2.51. The molecule has 2 heterocycles. The molecule has 0 spiro atoms. The van der Waals surface area contributed by atoms with Crippen LogP contribution in [-0.4, -0.2) is 42.3 Å². The Kier molecular flexibility index (Phi) is 5.16. The second-order valence-electron chi connectivity index (χ2n) is 7.11. The quantitative estimate of drug-likeness (QED) is 0.755. The average Bonchev–Trinajstić information content (AvgIpc) is 2.86. The van der Waals surface area contributed by atoms with Crippen molar-refractivity contribution in [2.45, 2.75) is 25.3 Å². The van der Waals surface area contributed by atoms with Crippen LogP contribution in [0.1, 0.15) is 35.2 Å². The Morgan fingerprint density at radius 1 is 1.07 bits per heavy atom. The number of carbonyl (C=O) groups excluding carboxylic acids is 3. The maximum absolute atomic E-state index is 13.3. The second kappa shape index (κ2) is 7.91. The second-order valence-corrected chi connectivity index (χ2v) is 7.11. The third-order valence-electron chi connectivity index (χ3n) is 5.41. The van der Waals surface area contributed by atoms with Gasteiger partial charge < -0.3 is 9.64 Å². The normalized spacial score (nSPS) is 19.0. The maximum atomic E-state index is 13.3. The van der Waals surface area contributed by atoms with E-state index in [2.05, 4.69) is 0 Å². The summed E-state index contributed by atoms with van der Waals surface area (Å²) < 4.78 is 5.31. The van der Waals surface area contributed by atoms with E-state index in [4.69, 9.17) is 4.74 Å². The Labute approximate surface area is 169 Å². The van der Waals surface area contributed by atoms with Crippen LogP contribution < -0.4 is 9.64 Å². The van der Waals surface area contributed by atoms with Crippen LogP contribution in [0.2, 0.25) is 0 Å². The summed E-state index contributed by atoms with van der Waals surface area (Å²) in [6.07, 6.45) is 5.27. The molecule has 0 bridgehead atoms. The van der Waals surface area contributed by atoms with E-state index in [1.165, 1.54) is 6.08 Å². The Morgan fingerprint density at radius 2 is 1.83 bits per heavy atom. The third-order valence-corrected chi connectivity index (χ3v) is 5.41. The fraction of sp³-hybridized carbons (Fsp3) is 0.261. The molecule has 6 nitrogen and oxygen atoms in total. The number of para-hydroxylation sites is 2. The van der Waals surface area contributed by atoms with Crippen LogP contribution >= 0.6 is 0 Å². The fourth-order valence-corrected chi connectivity index (χ4v) is 3.97. The minimum Gasteiger partial charge on any atom is -0.496 e. The summed E-state index contributed by atoms with van der Waals surface area (Å²) in [4.78, 5) is 42.3. The van der Waals surface area contributed by atoms with Gasteiger partial charge in [-0.1, -0.05) is 30.3 Å². The Morgan fingerprint density at radius 3 is 2.66 bits per heavy atom. The van der Waals surface area contributed by atoms with Gasteiger partial charge in [-0.15, -0.1) is 0 Å². The number of fused-ring (bicyclic) bond motifs is 2. The first-order valence-corrected chi connectivity index (χ1v) is 9.71. The van der Waals surface area contributed by atoms with E-state index in [1.54, 1.807) is 48.4 Å². The van der Waals surface area contributed by atoms with E-state index >= 15 is 0 Å². The molecule has 2 aliphatic heterocycles. The molecule has 0 unspecified atom stereocenters. The van der Waals surface area contributed by atoms with Crippen LogP contribution in [0.5, 0.6) is 5.75 Å². The number of methoxy groups -OCH3 is 1. The van der Waals surface area contributed by atoms with Crippen molar-refractivity contribution in [3.63, 3.8) is 0 Å². The predicted molar refractivity (Wildman–Crippen MR) is 110 cm³/mol. The summed E-state index contributed by atoms with van der Waals surface area (Å²) in [6.45, 7) is 0.530. The van der Waals surface area contributed by atoms with Gasteiger partial charge in [-0.2, -0.15) is 0 Å². The van der Waals surface area contributed by atoms with Crippen molar-refractivity contribution in [2.24, 2.45) is 0 Å². The molecule has 0 aromatic heterocycles. The number of nitrogens with zero attached hydrogens (tertiary/aromatic N) is 2. The van der Waals surface area contributed by atoms with E-state index in [-0.39, 0.29) is 11.8 Å². The summed E-state index contributed by atoms with van der Waals surface area (Å²) in [7, 11) is 1.56. The highest BCUT2D eigenvalue weighted by atomic mass is 16.5. The van der Waals surface area contributed by atoms with Crippen molar-refractivity contribution in [2.75, 3.05) is 18.6 Å².